The summed E-state index contributed by atoms with van der Waals surface area (Å²) < 4.78 is 28.0. The first-order valence-electron chi connectivity index (χ1n) is 12.3. The van der Waals surface area contributed by atoms with Gasteiger partial charge in [-0.3, -0.25) is 9.59 Å². The minimum Gasteiger partial charge on any atom is -0.324 e. The Kier molecular flexibility index (Phi) is 6.44. The van der Waals surface area contributed by atoms with Crippen molar-refractivity contribution in [3.8, 4) is 0 Å². The SMILES string of the molecule is O=C(Nc1ccccc1N1CCCC1=O)C1CCN(S(=O)(=O)c2ccc3c(c2)CCCC3)CC1. The Morgan fingerprint density at radius 2 is 1.62 bits per heavy atom. The molecule has 2 aromatic carbocycles. The second kappa shape index (κ2) is 9.50. The maximum Gasteiger partial charge on any atom is 0.243 e. The molecule has 5 rings (SSSR count). The Hall–Kier alpha value is -2.71. The molecule has 2 heterocycles. The van der Waals surface area contributed by atoms with Crippen LogP contribution in [0.2, 0.25) is 0 Å². The maximum absolute atomic E-state index is 13.3. The summed E-state index contributed by atoms with van der Waals surface area (Å²) >= 11 is 0. The molecule has 3 aliphatic rings. The molecule has 2 fully saturated rings. The average Bonchev–Trinajstić information content (AvgIpc) is 3.29. The fourth-order valence-electron chi connectivity index (χ4n) is 5.33. The number of benzene rings is 2. The zero-order valence-corrected chi connectivity index (χ0v) is 20.1. The minimum atomic E-state index is -3.57. The van der Waals surface area contributed by atoms with Gasteiger partial charge in [-0.15, -0.1) is 0 Å². The van der Waals surface area contributed by atoms with Crippen LogP contribution in [0.25, 0.3) is 0 Å². The fourth-order valence-corrected chi connectivity index (χ4v) is 6.85. The molecular formula is C26H31N3O4S. The molecule has 0 spiro atoms. The molecule has 2 saturated heterocycles. The lowest BCUT2D eigenvalue weighted by atomic mass is 9.92. The first-order valence-corrected chi connectivity index (χ1v) is 13.7. The minimum absolute atomic E-state index is 0.0717. The van der Waals surface area contributed by atoms with Crippen LogP contribution in [0.3, 0.4) is 0 Å². The van der Waals surface area contributed by atoms with Crippen molar-refractivity contribution < 1.29 is 18.0 Å². The summed E-state index contributed by atoms with van der Waals surface area (Å²) in [5, 5.41) is 3.00. The summed E-state index contributed by atoms with van der Waals surface area (Å²) in [5.41, 5.74) is 3.77. The Bertz CT molecular complexity index is 1200. The predicted molar refractivity (Wildman–Crippen MR) is 131 cm³/mol. The van der Waals surface area contributed by atoms with Gasteiger partial charge in [0.05, 0.1) is 16.3 Å². The molecule has 0 atom stereocenters. The van der Waals surface area contributed by atoms with Crippen molar-refractivity contribution in [2.75, 3.05) is 29.9 Å². The predicted octanol–water partition coefficient (Wildman–Crippen LogP) is 3.73. The number of carbonyl (C=O) groups excluding carboxylic acids is 2. The molecule has 0 radical (unpaired) electrons. The highest BCUT2D eigenvalue weighted by Gasteiger charge is 2.33. The molecule has 0 saturated carbocycles. The number of sulfonamides is 1. The molecular weight excluding hydrogens is 450 g/mol. The van der Waals surface area contributed by atoms with E-state index in [-0.39, 0.29) is 17.7 Å². The van der Waals surface area contributed by atoms with E-state index in [1.807, 2.05) is 36.4 Å². The third-order valence-corrected chi connectivity index (χ3v) is 9.20. The van der Waals surface area contributed by atoms with E-state index in [0.717, 1.165) is 43.4 Å². The topological polar surface area (TPSA) is 86.8 Å². The molecule has 2 amide bonds. The van der Waals surface area contributed by atoms with Gasteiger partial charge in [-0.2, -0.15) is 4.31 Å². The molecule has 2 aromatic rings. The lowest BCUT2D eigenvalue weighted by Gasteiger charge is -2.31. The zero-order valence-electron chi connectivity index (χ0n) is 19.3. The number of para-hydroxylation sites is 2. The van der Waals surface area contributed by atoms with Gasteiger partial charge < -0.3 is 10.2 Å². The standard InChI is InChI=1S/C26H31N3O4S/c30-25-10-5-15-29(25)24-9-4-3-8-23(24)27-26(31)20-13-16-28(17-14-20)34(32,33)22-12-11-19-6-1-2-7-21(19)18-22/h3-4,8-9,11-12,18,20H,1-2,5-7,10,13-17H2,(H,27,31). The van der Waals surface area contributed by atoms with Gasteiger partial charge in [0.15, 0.2) is 0 Å². The van der Waals surface area contributed by atoms with E-state index in [1.54, 1.807) is 11.0 Å². The van der Waals surface area contributed by atoms with Crippen LogP contribution in [0.5, 0.6) is 0 Å². The number of hydrogen-bond acceptors (Lipinski definition) is 4. The van der Waals surface area contributed by atoms with E-state index in [0.29, 0.717) is 49.5 Å². The molecule has 2 aliphatic heterocycles. The van der Waals surface area contributed by atoms with Crippen LogP contribution in [0.4, 0.5) is 11.4 Å². The summed E-state index contributed by atoms with van der Waals surface area (Å²) in [7, 11) is -3.57. The van der Waals surface area contributed by atoms with Gasteiger partial charge >= 0.3 is 0 Å². The molecule has 180 valence electrons. The van der Waals surface area contributed by atoms with E-state index >= 15 is 0 Å². The lowest BCUT2D eigenvalue weighted by Crippen LogP contribution is -2.41. The van der Waals surface area contributed by atoms with Gasteiger partial charge in [0.25, 0.3) is 0 Å². The molecule has 1 aliphatic carbocycles. The third-order valence-electron chi connectivity index (χ3n) is 7.31. The summed E-state index contributed by atoms with van der Waals surface area (Å²) in [4.78, 5) is 27.3. The number of carbonyl (C=O) groups is 2. The van der Waals surface area contributed by atoms with Gasteiger partial charge in [-0.25, -0.2) is 8.42 Å². The van der Waals surface area contributed by atoms with Gasteiger partial charge in [0, 0.05) is 32.0 Å². The highest BCUT2D eigenvalue weighted by atomic mass is 32.2. The van der Waals surface area contributed by atoms with Gasteiger partial charge in [-0.05, 0) is 80.3 Å². The second-order valence-corrected chi connectivity index (χ2v) is 11.4. The highest BCUT2D eigenvalue weighted by Crippen LogP contribution is 2.32. The Morgan fingerprint density at radius 1 is 0.882 bits per heavy atom. The van der Waals surface area contributed by atoms with Crippen molar-refractivity contribution in [1.82, 2.24) is 4.31 Å². The molecule has 8 heteroatoms. The van der Waals surface area contributed by atoms with Crippen LogP contribution in [0.1, 0.15) is 49.7 Å². The number of anilines is 2. The van der Waals surface area contributed by atoms with Crippen molar-refractivity contribution >= 4 is 33.2 Å². The number of amides is 2. The Balaban J connectivity index is 1.24. The van der Waals surface area contributed by atoms with Crippen LogP contribution < -0.4 is 10.2 Å². The Morgan fingerprint density at radius 3 is 2.35 bits per heavy atom. The van der Waals surface area contributed by atoms with Crippen molar-refractivity contribution in [3.05, 3.63) is 53.6 Å². The number of nitrogens with one attached hydrogen (secondary N) is 1. The monoisotopic (exact) mass is 481 g/mol. The molecule has 0 unspecified atom stereocenters. The number of fused-ring (bicyclic) bond motifs is 1. The normalized spacial score (nSPS) is 19.8. The summed E-state index contributed by atoms with van der Waals surface area (Å²) in [6.45, 7) is 1.30. The van der Waals surface area contributed by atoms with Crippen molar-refractivity contribution in [3.63, 3.8) is 0 Å². The van der Waals surface area contributed by atoms with Gasteiger partial charge in [0.2, 0.25) is 21.8 Å². The summed E-state index contributed by atoms with van der Waals surface area (Å²) in [5.74, 6) is -0.315. The highest BCUT2D eigenvalue weighted by molar-refractivity contribution is 7.89. The van der Waals surface area contributed by atoms with E-state index in [2.05, 4.69) is 5.32 Å². The fraction of sp³-hybridized carbons (Fsp3) is 0.462. The molecule has 34 heavy (non-hydrogen) atoms. The van der Waals surface area contributed by atoms with E-state index in [4.69, 9.17) is 0 Å². The number of piperidine rings is 1. The zero-order chi connectivity index (χ0) is 23.7. The maximum atomic E-state index is 13.3. The van der Waals surface area contributed by atoms with Crippen molar-refractivity contribution in [2.24, 2.45) is 5.92 Å². The van der Waals surface area contributed by atoms with E-state index < -0.39 is 10.0 Å². The molecule has 0 bridgehead atoms. The summed E-state index contributed by atoms with van der Waals surface area (Å²) in [6, 6.07) is 12.9. The smallest absolute Gasteiger partial charge is 0.243 e. The Labute approximate surface area is 201 Å². The number of nitrogens with zero attached hydrogens (tertiary/aromatic N) is 2. The van der Waals surface area contributed by atoms with Crippen LogP contribution in [-0.2, 0) is 32.5 Å². The first kappa shape index (κ1) is 23.1. The van der Waals surface area contributed by atoms with E-state index in [1.165, 1.54) is 9.87 Å². The van der Waals surface area contributed by atoms with Gasteiger partial charge in [0.1, 0.15) is 0 Å². The van der Waals surface area contributed by atoms with Crippen LogP contribution in [0, 0.1) is 5.92 Å². The van der Waals surface area contributed by atoms with Crippen LogP contribution in [0.15, 0.2) is 47.4 Å². The number of hydrogen-bond donors (Lipinski definition) is 1. The molecule has 0 aromatic heterocycles. The van der Waals surface area contributed by atoms with Crippen LogP contribution in [-0.4, -0.2) is 44.2 Å². The number of rotatable bonds is 5. The van der Waals surface area contributed by atoms with Crippen LogP contribution >= 0.6 is 0 Å². The largest absolute Gasteiger partial charge is 0.324 e. The second-order valence-electron chi connectivity index (χ2n) is 9.47. The van der Waals surface area contributed by atoms with Crippen molar-refractivity contribution in [2.45, 2.75) is 56.3 Å². The van der Waals surface area contributed by atoms with Crippen molar-refractivity contribution in [1.29, 1.82) is 0 Å². The molecule has 7 nitrogen and oxygen atoms in total. The molecule has 1 N–H and O–H groups in total. The quantitative estimate of drug-likeness (QED) is 0.705. The summed E-state index contributed by atoms with van der Waals surface area (Å²) in [6.07, 6.45) is 6.51. The lowest BCUT2D eigenvalue weighted by molar-refractivity contribution is -0.121. The number of aryl methyl sites for hydroxylation is 2. The van der Waals surface area contributed by atoms with E-state index in [9.17, 15) is 18.0 Å². The first-order chi connectivity index (χ1) is 16.4. The average molecular weight is 482 g/mol. The third kappa shape index (κ3) is 4.49. The van der Waals surface area contributed by atoms with Gasteiger partial charge in [-0.1, -0.05) is 18.2 Å².